The summed E-state index contributed by atoms with van der Waals surface area (Å²) in [6.07, 6.45) is 24.1. The third kappa shape index (κ3) is 8.24. The van der Waals surface area contributed by atoms with Crippen LogP contribution >= 0.6 is 22.7 Å². The Hall–Kier alpha value is -3.34. The average molecular weight is 703 g/mol. The van der Waals surface area contributed by atoms with E-state index in [9.17, 15) is 0 Å². The molecule has 4 aromatic heterocycles. The molecule has 0 amide bonds. The first-order chi connectivity index (χ1) is 24.7. The van der Waals surface area contributed by atoms with Crippen molar-refractivity contribution in [1.82, 2.24) is 0 Å². The highest BCUT2D eigenvalue weighted by atomic mass is 32.1. The lowest BCUT2D eigenvalue weighted by molar-refractivity contribution is 0.576. The zero-order valence-electron chi connectivity index (χ0n) is 30.3. The van der Waals surface area contributed by atoms with E-state index in [0.717, 1.165) is 22.7 Å². The fourth-order valence-corrected chi connectivity index (χ4v) is 9.67. The Bertz CT molecular complexity index is 1970. The third-order valence-corrected chi connectivity index (χ3v) is 12.9. The SMILES string of the molecule is CCCCCCCCCCc1ccc(-c2cc3c(ccc4c3ccc3c5cc(-c6ccc(CCCCCCCCCC)s6)oc5ccc34)o2)s1. The molecule has 3 aromatic carbocycles. The summed E-state index contributed by atoms with van der Waals surface area (Å²) in [6.45, 7) is 4.58. The van der Waals surface area contributed by atoms with Gasteiger partial charge in [0.2, 0.25) is 0 Å². The van der Waals surface area contributed by atoms with E-state index in [1.54, 1.807) is 0 Å². The summed E-state index contributed by atoms with van der Waals surface area (Å²) in [6, 6.07) is 27.0. The van der Waals surface area contributed by atoms with E-state index in [4.69, 9.17) is 8.83 Å². The largest absolute Gasteiger partial charge is 0.455 e. The molecule has 0 fully saturated rings. The van der Waals surface area contributed by atoms with Crippen LogP contribution in [0.15, 0.2) is 81.6 Å². The maximum atomic E-state index is 6.45. The van der Waals surface area contributed by atoms with Gasteiger partial charge in [-0.2, -0.15) is 0 Å². The minimum atomic E-state index is 0.956. The minimum absolute atomic E-state index is 0.956. The van der Waals surface area contributed by atoms with E-state index < -0.39 is 0 Å². The third-order valence-electron chi connectivity index (χ3n) is 10.6. The van der Waals surface area contributed by atoms with Gasteiger partial charge >= 0.3 is 0 Å². The predicted molar refractivity (Wildman–Crippen MR) is 220 cm³/mol. The maximum absolute atomic E-state index is 6.45. The first kappa shape index (κ1) is 35.1. The number of furan rings is 2. The predicted octanol–water partition coefficient (Wildman–Crippen LogP) is 16.3. The molecule has 0 aliphatic heterocycles. The normalized spacial score (nSPS) is 12.0. The Kier molecular flexibility index (Phi) is 12.1. The highest BCUT2D eigenvalue weighted by molar-refractivity contribution is 7.15. The lowest BCUT2D eigenvalue weighted by Crippen LogP contribution is -1.83. The summed E-state index contributed by atoms with van der Waals surface area (Å²) in [4.78, 5) is 5.39. The molecule has 50 heavy (non-hydrogen) atoms. The summed E-state index contributed by atoms with van der Waals surface area (Å²) in [5.74, 6) is 1.96. The van der Waals surface area contributed by atoms with Crippen LogP contribution in [-0.2, 0) is 12.8 Å². The first-order valence-electron chi connectivity index (χ1n) is 19.7. The molecule has 0 aliphatic carbocycles. The van der Waals surface area contributed by atoms with Crippen LogP contribution in [0.25, 0.3) is 64.8 Å². The van der Waals surface area contributed by atoms with E-state index >= 15 is 0 Å². The van der Waals surface area contributed by atoms with Crippen LogP contribution in [0.4, 0.5) is 0 Å². The lowest BCUT2D eigenvalue weighted by Gasteiger charge is -2.05. The van der Waals surface area contributed by atoms with Gasteiger partial charge in [0.25, 0.3) is 0 Å². The van der Waals surface area contributed by atoms with Gasteiger partial charge in [0.05, 0.1) is 9.75 Å². The summed E-state index contributed by atoms with van der Waals surface area (Å²) in [5, 5.41) is 7.39. The number of rotatable bonds is 20. The van der Waals surface area contributed by atoms with Gasteiger partial charge in [0.15, 0.2) is 0 Å². The molecule has 4 heteroatoms. The number of thiophene rings is 2. The van der Waals surface area contributed by atoms with Crippen molar-refractivity contribution in [2.24, 2.45) is 0 Å². The zero-order chi connectivity index (χ0) is 34.1. The van der Waals surface area contributed by atoms with Crippen molar-refractivity contribution >= 4 is 66.2 Å². The molecule has 262 valence electrons. The molecule has 0 saturated heterocycles. The van der Waals surface area contributed by atoms with Crippen LogP contribution in [0.1, 0.15) is 126 Å². The van der Waals surface area contributed by atoms with E-state index in [-0.39, 0.29) is 0 Å². The summed E-state index contributed by atoms with van der Waals surface area (Å²) >= 11 is 3.78. The second kappa shape index (κ2) is 17.2. The Morgan fingerprint density at radius 3 is 1.16 bits per heavy atom. The van der Waals surface area contributed by atoms with Crippen molar-refractivity contribution in [2.75, 3.05) is 0 Å². The van der Waals surface area contributed by atoms with Crippen molar-refractivity contribution in [3.8, 4) is 21.3 Å². The standard InChI is InChI=1S/C46H54O2S2/c1-3-5-7-9-11-13-15-17-19-33-21-29-45(49-33)43-31-39-37-23-24-38-36(35(37)25-27-41(39)47-43)26-28-42-40(38)32-44(48-42)46-30-22-34(50-46)20-18-16-14-12-10-8-6-4-2/h21-32H,3-20H2,1-2H3. The lowest BCUT2D eigenvalue weighted by atomic mass is 9.98. The molecular weight excluding hydrogens is 649 g/mol. The molecule has 0 spiro atoms. The van der Waals surface area contributed by atoms with Crippen LogP contribution in [0.3, 0.4) is 0 Å². The number of hydrogen-bond acceptors (Lipinski definition) is 4. The number of fused-ring (bicyclic) bond motifs is 7. The molecule has 0 atom stereocenters. The second-order valence-corrected chi connectivity index (χ2v) is 16.8. The molecular formula is C46H54O2S2. The highest BCUT2D eigenvalue weighted by Crippen LogP contribution is 2.41. The van der Waals surface area contributed by atoms with Gasteiger partial charge in [-0.25, -0.2) is 0 Å². The average Bonchev–Trinajstić information content (AvgIpc) is 3.96. The van der Waals surface area contributed by atoms with Gasteiger partial charge < -0.3 is 8.83 Å². The van der Waals surface area contributed by atoms with Gasteiger partial charge in [-0.1, -0.05) is 128 Å². The van der Waals surface area contributed by atoms with E-state index in [0.29, 0.717) is 0 Å². The van der Waals surface area contributed by atoms with Crippen LogP contribution in [0, 0.1) is 0 Å². The summed E-state index contributed by atoms with van der Waals surface area (Å²) < 4.78 is 12.9. The van der Waals surface area contributed by atoms with Crippen LogP contribution in [0.2, 0.25) is 0 Å². The smallest absolute Gasteiger partial charge is 0.145 e. The fourth-order valence-electron chi connectivity index (χ4n) is 7.66. The fraction of sp³-hybridized carbons (Fsp3) is 0.435. The van der Waals surface area contributed by atoms with Crippen molar-refractivity contribution in [3.05, 3.63) is 82.6 Å². The Morgan fingerprint density at radius 1 is 0.380 bits per heavy atom. The number of benzene rings is 3. The molecule has 7 aromatic rings. The molecule has 0 bridgehead atoms. The second-order valence-electron chi connectivity index (χ2n) is 14.4. The van der Waals surface area contributed by atoms with E-state index in [1.165, 1.54) is 167 Å². The van der Waals surface area contributed by atoms with Crippen LogP contribution < -0.4 is 0 Å². The molecule has 2 nitrogen and oxygen atoms in total. The number of unbranched alkanes of at least 4 members (excludes halogenated alkanes) is 14. The molecule has 7 rings (SSSR count). The van der Waals surface area contributed by atoms with Crippen molar-refractivity contribution in [3.63, 3.8) is 0 Å². The maximum Gasteiger partial charge on any atom is 0.145 e. The van der Waals surface area contributed by atoms with Crippen LogP contribution in [0.5, 0.6) is 0 Å². The topological polar surface area (TPSA) is 26.3 Å². The summed E-state index contributed by atoms with van der Waals surface area (Å²) in [7, 11) is 0. The van der Waals surface area contributed by atoms with Gasteiger partial charge in [-0.05, 0) is 95.8 Å². The minimum Gasteiger partial charge on any atom is -0.455 e. The number of aryl methyl sites for hydroxylation is 2. The molecule has 0 aliphatic rings. The molecule has 0 radical (unpaired) electrons. The zero-order valence-corrected chi connectivity index (χ0v) is 31.9. The molecule has 0 saturated carbocycles. The van der Waals surface area contributed by atoms with Crippen molar-refractivity contribution < 1.29 is 8.83 Å². The van der Waals surface area contributed by atoms with E-state index in [1.807, 2.05) is 22.7 Å². The molecule has 0 N–H and O–H groups in total. The van der Waals surface area contributed by atoms with Gasteiger partial charge in [0, 0.05) is 20.5 Å². The van der Waals surface area contributed by atoms with Gasteiger partial charge in [-0.15, -0.1) is 22.7 Å². The number of hydrogen-bond donors (Lipinski definition) is 0. The van der Waals surface area contributed by atoms with Crippen molar-refractivity contribution in [2.45, 2.75) is 129 Å². The molecule has 0 unspecified atom stereocenters. The quantitative estimate of drug-likeness (QED) is 0.0584. The summed E-state index contributed by atoms with van der Waals surface area (Å²) in [5.41, 5.74) is 1.91. The van der Waals surface area contributed by atoms with E-state index in [2.05, 4.69) is 86.6 Å². The Balaban J connectivity index is 1.02. The molecule has 4 heterocycles. The van der Waals surface area contributed by atoms with Crippen LogP contribution in [-0.4, -0.2) is 0 Å². The van der Waals surface area contributed by atoms with Gasteiger partial charge in [-0.3, -0.25) is 0 Å². The first-order valence-corrected chi connectivity index (χ1v) is 21.3. The Labute approximate surface area is 306 Å². The van der Waals surface area contributed by atoms with Gasteiger partial charge in [0.1, 0.15) is 22.7 Å². The van der Waals surface area contributed by atoms with Crippen molar-refractivity contribution in [1.29, 1.82) is 0 Å². The highest BCUT2D eigenvalue weighted by Gasteiger charge is 2.16. The monoisotopic (exact) mass is 702 g/mol. The Morgan fingerprint density at radius 2 is 0.740 bits per heavy atom.